The molecular formula is C21H27N3O4S. The van der Waals surface area contributed by atoms with Crippen molar-refractivity contribution in [3.05, 3.63) is 23.8 Å². The molecule has 8 heteroatoms. The second-order valence-electron chi connectivity index (χ2n) is 8.67. The highest BCUT2D eigenvalue weighted by atomic mass is 32.2. The molecule has 4 aliphatic rings. The Hall–Kier alpha value is -1.93. The van der Waals surface area contributed by atoms with Crippen LogP contribution in [0.15, 0.2) is 23.1 Å². The maximum Gasteiger partial charge on any atom is 0.243 e. The normalized spacial score (nSPS) is 25.5. The first-order chi connectivity index (χ1) is 13.9. The van der Waals surface area contributed by atoms with Crippen LogP contribution in [-0.4, -0.2) is 61.7 Å². The zero-order valence-corrected chi connectivity index (χ0v) is 17.4. The van der Waals surface area contributed by atoms with Gasteiger partial charge in [0.25, 0.3) is 0 Å². The van der Waals surface area contributed by atoms with E-state index in [0.29, 0.717) is 50.0 Å². The van der Waals surface area contributed by atoms with Crippen molar-refractivity contribution < 1.29 is 18.0 Å². The number of carbonyl (C=O) groups is 2. The summed E-state index contributed by atoms with van der Waals surface area (Å²) in [6.45, 7) is 2.24. The van der Waals surface area contributed by atoms with Crippen LogP contribution in [0.4, 0.5) is 5.69 Å². The zero-order chi connectivity index (χ0) is 20.2. The molecular weight excluding hydrogens is 390 g/mol. The molecule has 156 valence electrons. The molecule has 0 N–H and O–H groups in total. The summed E-state index contributed by atoms with van der Waals surface area (Å²) in [7, 11) is -3.48. The van der Waals surface area contributed by atoms with Crippen LogP contribution in [-0.2, 0) is 26.0 Å². The molecule has 1 aromatic rings. The summed E-state index contributed by atoms with van der Waals surface area (Å²) in [6, 6.07) is 5.48. The zero-order valence-electron chi connectivity index (χ0n) is 16.5. The Balaban J connectivity index is 1.34. The Morgan fingerprint density at radius 1 is 1.03 bits per heavy atom. The van der Waals surface area contributed by atoms with Crippen LogP contribution in [0.3, 0.4) is 0 Å². The first-order valence-corrected chi connectivity index (χ1v) is 12.1. The number of hydrogen-bond donors (Lipinski definition) is 0. The van der Waals surface area contributed by atoms with E-state index in [4.69, 9.17) is 0 Å². The highest BCUT2D eigenvalue weighted by molar-refractivity contribution is 7.89. The quantitative estimate of drug-likeness (QED) is 0.748. The van der Waals surface area contributed by atoms with E-state index in [0.717, 1.165) is 43.4 Å². The summed E-state index contributed by atoms with van der Waals surface area (Å²) >= 11 is 0. The third kappa shape index (κ3) is 3.36. The van der Waals surface area contributed by atoms with Gasteiger partial charge in [0.1, 0.15) is 0 Å². The van der Waals surface area contributed by atoms with E-state index in [1.54, 1.807) is 27.4 Å². The Bertz CT molecular complexity index is 951. The Kier molecular flexibility index (Phi) is 4.66. The number of hydrogen-bond acceptors (Lipinski definition) is 4. The summed E-state index contributed by atoms with van der Waals surface area (Å²) < 4.78 is 27.5. The van der Waals surface area contributed by atoms with Crippen LogP contribution in [0.1, 0.15) is 44.1 Å². The van der Waals surface area contributed by atoms with Gasteiger partial charge in [-0.15, -0.1) is 0 Å². The van der Waals surface area contributed by atoms with Gasteiger partial charge in [-0.1, -0.05) is 6.42 Å². The number of fused-ring (bicyclic) bond motifs is 1. The van der Waals surface area contributed by atoms with E-state index in [1.165, 1.54) is 0 Å². The van der Waals surface area contributed by atoms with E-state index in [1.807, 2.05) is 4.90 Å². The summed E-state index contributed by atoms with van der Waals surface area (Å²) in [6.07, 6.45) is 5.94. The van der Waals surface area contributed by atoms with Crippen molar-refractivity contribution in [2.75, 3.05) is 31.1 Å². The van der Waals surface area contributed by atoms with Crippen molar-refractivity contribution in [2.24, 2.45) is 5.92 Å². The molecule has 0 spiro atoms. The molecule has 2 saturated heterocycles. The van der Waals surface area contributed by atoms with Gasteiger partial charge in [0.05, 0.1) is 10.8 Å². The summed E-state index contributed by atoms with van der Waals surface area (Å²) in [5.41, 5.74) is 1.70. The second kappa shape index (κ2) is 7.09. The van der Waals surface area contributed by atoms with Crippen LogP contribution in [0, 0.1) is 5.92 Å². The minimum Gasteiger partial charge on any atom is -0.339 e. The molecule has 5 rings (SSSR count). The Labute approximate surface area is 171 Å². The molecule has 3 aliphatic heterocycles. The standard InChI is InChI=1S/C21H27N3O4S/c25-20-13-16(14-24(20)17-4-5-17)21(26)23-11-8-15-12-18(6-7-19(15)23)29(27,28)22-9-2-1-3-10-22/h6-7,12,16-17H,1-5,8-11,13-14H2. The van der Waals surface area contributed by atoms with E-state index in [9.17, 15) is 18.0 Å². The van der Waals surface area contributed by atoms with Crippen molar-refractivity contribution in [3.63, 3.8) is 0 Å². The number of nitrogens with zero attached hydrogens (tertiary/aromatic N) is 3. The van der Waals surface area contributed by atoms with Crippen LogP contribution in [0.2, 0.25) is 0 Å². The molecule has 1 saturated carbocycles. The fraction of sp³-hybridized carbons (Fsp3) is 0.619. The highest BCUT2D eigenvalue weighted by Crippen LogP contribution is 2.36. The lowest BCUT2D eigenvalue weighted by molar-refractivity contribution is -0.128. The molecule has 7 nitrogen and oxygen atoms in total. The molecule has 2 amide bonds. The van der Waals surface area contributed by atoms with Crippen molar-refractivity contribution in [1.82, 2.24) is 9.21 Å². The average molecular weight is 418 g/mol. The molecule has 0 bridgehead atoms. The summed E-state index contributed by atoms with van der Waals surface area (Å²) in [4.78, 5) is 29.3. The molecule has 1 atom stereocenters. The molecule has 1 unspecified atom stereocenters. The van der Waals surface area contributed by atoms with E-state index >= 15 is 0 Å². The first kappa shape index (κ1) is 19.1. The first-order valence-electron chi connectivity index (χ1n) is 10.7. The van der Waals surface area contributed by atoms with Crippen LogP contribution < -0.4 is 4.90 Å². The second-order valence-corrected chi connectivity index (χ2v) is 10.6. The van der Waals surface area contributed by atoms with Gasteiger partial charge in [0.15, 0.2) is 0 Å². The SMILES string of the molecule is O=C(C1CC(=O)N(C2CC2)C1)N1CCc2cc(S(=O)(=O)N3CCCCC3)ccc21. The minimum atomic E-state index is -3.48. The van der Waals surface area contributed by atoms with Gasteiger partial charge in [-0.05, 0) is 55.9 Å². The lowest BCUT2D eigenvalue weighted by Gasteiger charge is -2.26. The van der Waals surface area contributed by atoms with Crippen LogP contribution in [0.25, 0.3) is 0 Å². The van der Waals surface area contributed by atoms with Gasteiger partial charge in [0, 0.05) is 44.3 Å². The van der Waals surface area contributed by atoms with Crippen molar-refractivity contribution >= 4 is 27.5 Å². The van der Waals surface area contributed by atoms with E-state index in [-0.39, 0.29) is 17.7 Å². The van der Waals surface area contributed by atoms with Gasteiger partial charge in [-0.3, -0.25) is 9.59 Å². The smallest absolute Gasteiger partial charge is 0.243 e. The van der Waals surface area contributed by atoms with Crippen molar-refractivity contribution in [3.8, 4) is 0 Å². The predicted octanol–water partition coefficient (Wildman–Crippen LogP) is 1.76. The number of amides is 2. The van der Waals surface area contributed by atoms with Crippen LogP contribution >= 0.6 is 0 Å². The van der Waals surface area contributed by atoms with Gasteiger partial charge in [-0.2, -0.15) is 4.31 Å². The number of rotatable bonds is 4. The van der Waals surface area contributed by atoms with Gasteiger partial charge in [0.2, 0.25) is 21.8 Å². The molecule has 0 aromatic heterocycles. The minimum absolute atomic E-state index is 0.00751. The van der Waals surface area contributed by atoms with Crippen LogP contribution in [0.5, 0.6) is 0 Å². The third-order valence-corrected chi connectivity index (χ3v) is 8.56. The fourth-order valence-electron chi connectivity index (χ4n) is 4.88. The molecule has 3 heterocycles. The highest BCUT2D eigenvalue weighted by Gasteiger charge is 2.43. The predicted molar refractivity (Wildman–Crippen MR) is 108 cm³/mol. The fourth-order valence-corrected chi connectivity index (χ4v) is 6.45. The molecule has 0 radical (unpaired) electrons. The Morgan fingerprint density at radius 2 is 1.79 bits per heavy atom. The van der Waals surface area contributed by atoms with Gasteiger partial charge >= 0.3 is 0 Å². The third-order valence-electron chi connectivity index (χ3n) is 6.66. The Morgan fingerprint density at radius 3 is 2.52 bits per heavy atom. The molecule has 1 aromatic carbocycles. The molecule has 3 fully saturated rings. The number of likely N-dealkylation sites (tertiary alicyclic amines) is 1. The molecule has 29 heavy (non-hydrogen) atoms. The number of sulfonamides is 1. The summed E-state index contributed by atoms with van der Waals surface area (Å²) in [5, 5.41) is 0. The van der Waals surface area contributed by atoms with Gasteiger partial charge < -0.3 is 9.80 Å². The van der Waals surface area contributed by atoms with Gasteiger partial charge in [-0.25, -0.2) is 8.42 Å². The number of carbonyl (C=O) groups excluding carboxylic acids is 2. The largest absolute Gasteiger partial charge is 0.339 e. The van der Waals surface area contributed by atoms with Crippen molar-refractivity contribution in [1.29, 1.82) is 0 Å². The molecule has 1 aliphatic carbocycles. The van der Waals surface area contributed by atoms with E-state index < -0.39 is 10.0 Å². The number of piperidine rings is 1. The maximum absolute atomic E-state index is 13.1. The number of anilines is 1. The number of benzene rings is 1. The lowest BCUT2D eigenvalue weighted by atomic mass is 10.1. The topological polar surface area (TPSA) is 78.0 Å². The van der Waals surface area contributed by atoms with E-state index in [2.05, 4.69) is 0 Å². The average Bonchev–Trinajstić information content (AvgIpc) is 3.37. The monoisotopic (exact) mass is 417 g/mol. The summed E-state index contributed by atoms with van der Waals surface area (Å²) in [5.74, 6) is -0.203. The van der Waals surface area contributed by atoms with Crippen molar-refractivity contribution in [2.45, 2.75) is 55.9 Å². The maximum atomic E-state index is 13.1. The lowest BCUT2D eigenvalue weighted by Crippen LogP contribution is -2.37.